The normalized spacial score (nSPS) is 18.1. The summed E-state index contributed by atoms with van der Waals surface area (Å²) in [6.07, 6.45) is 3.83. The molecule has 1 aliphatic heterocycles. The van der Waals surface area contributed by atoms with Crippen molar-refractivity contribution in [3.63, 3.8) is 0 Å². The van der Waals surface area contributed by atoms with Crippen molar-refractivity contribution in [3.05, 3.63) is 59.5 Å². The molecule has 160 valence electrons. The molecule has 0 N–H and O–H groups in total. The molecular formula is C25H27N3O3. The quantitative estimate of drug-likeness (QED) is 0.577. The monoisotopic (exact) mass is 417 g/mol. The number of nitrogens with zero attached hydrogens (tertiary/aromatic N) is 3. The highest BCUT2D eigenvalue weighted by Gasteiger charge is 2.35. The second kappa shape index (κ2) is 8.17. The van der Waals surface area contributed by atoms with E-state index in [0.717, 1.165) is 29.8 Å². The van der Waals surface area contributed by atoms with Crippen LogP contribution in [0.1, 0.15) is 49.6 Å². The Morgan fingerprint density at radius 3 is 2.74 bits per heavy atom. The van der Waals surface area contributed by atoms with Crippen LogP contribution in [0.4, 0.5) is 5.69 Å². The SMILES string of the molecule is CC(C)COc1ccc(-c2noc(C3CC(=O)N(c4ccc5c(c4)CCC5)C3)n2)cc1. The van der Waals surface area contributed by atoms with E-state index in [-0.39, 0.29) is 11.8 Å². The molecule has 3 aromatic rings. The fourth-order valence-corrected chi connectivity index (χ4v) is 4.33. The van der Waals surface area contributed by atoms with Gasteiger partial charge in [0.2, 0.25) is 17.6 Å². The van der Waals surface area contributed by atoms with Crippen LogP contribution in [-0.2, 0) is 17.6 Å². The number of hydrogen-bond donors (Lipinski definition) is 0. The minimum Gasteiger partial charge on any atom is -0.493 e. The molecule has 0 radical (unpaired) electrons. The summed E-state index contributed by atoms with van der Waals surface area (Å²) >= 11 is 0. The number of rotatable bonds is 6. The fourth-order valence-electron chi connectivity index (χ4n) is 4.33. The Labute approximate surface area is 182 Å². The van der Waals surface area contributed by atoms with Crippen LogP contribution in [0.2, 0.25) is 0 Å². The molecule has 2 heterocycles. The van der Waals surface area contributed by atoms with Crippen molar-refractivity contribution in [2.45, 2.75) is 45.4 Å². The van der Waals surface area contributed by atoms with Gasteiger partial charge in [-0.1, -0.05) is 25.1 Å². The number of benzene rings is 2. The molecule has 1 saturated heterocycles. The lowest BCUT2D eigenvalue weighted by atomic mass is 10.1. The van der Waals surface area contributed by atoms with Gasteiger partial charge in [0.15, 0.2) is 0 Å². The zero-order valence-corrected chi connectivity index (χ0v) is 18.0. The molecule has 0 bridgehead atoms. The maximum Gasteiger partial charge on any atom is 0.232 e. The van der Waals surface area contributed by atoms with E-state index in [1.54, 1.807) is 0 Å². The van der Waals surface area contributed by atoms with Gasteiger partial charge in [0, 0.05) is 24.2 Å². The van der Waals surface area contributed by atoms with Gasteiger partial charge in [-0.05, 0) is 72.7 Å². The van der Waals surface area contributed by atoms with Crippen molar-refractivity contribution in [2.75, 3.05) is 18.1 Å². The number of carbonyl (C=O) groups excluding carboxylic acids is 1. The third-order valence-electron chi connectivity index (χ3n) is 6.01. The lowest BCUT2D eigenvalue weighted by molar-refractivity contribution is -0.117. The standard InChI is InChI=1S/C25H27N3O3/c1-16(2)15-30-22-10-7-18(8-11-22)24-26-25(31-27-24)20-13-23(29)28(14-20)21-9-6-17-4-3-5-19(17)12-21/h6-12,16,20H,3-5,13-15H2,1-2H3. The Balaban J connectivity index is 1.28. The molecular weight excluding hydrogens is 390 g/mol. The second-order valence-corrected chi connectivity index (χ2v) is 8.90. The Morgan fingerprint density at radius 2 is 1.94 bits per heavy atom. The Hall–Kier alpha value is -3.15. The van der Waals surface area contributed by atoms with Crippen molar-refractivity contribution in [1.29, 1.82) is 0 Å². The number of aryl methyl sites for hydroxylation is 2. The zero-order chi connectivity index (χ0) is 21.4. The minimum absolute atomic E-state index is 0.0874. The lowest BCUT2D eigenvalue weighted by Crippen LogP contribution is -2.24. The van der Waals surface area contributed by atoms with Gasteiger partial charge < -0.3 is 14.2 Å². The van der Waals surface area contributed by atoms with Gasteiger partial charge in [0.05, 0.1) is 12.5 Å². The summed E-state index contributed by atoms with van der Waals surface area (Å²) in [6, 6.07) is 14.1. The first-order chi connectivity index (χ1) is 15.1. The summed E-state index contributed by atoms with van der Waals surface area (Å²) in [5, 5.41) is 4.15. The van der Waals surface area contributed by atoms with Crippen molar-refractivity contribution in [3.8, 4) is 17.1 Å². The molecule has 0 saturated carbocycles. The maximum absolute atomic E-state index is 12.7. The number of ether oxygens (including phenoxy) is 1. The molecule has 5 rings (SSSR count). The first kappa shape index (κ1) is 19.8. The molecule has 1 aromatic heterocycles. The summed E-state index contributed by atoms with van der Waals surface area (Å²) in [5.41, 5.74) is 4.63. The first-order valence-electron chi connectivity index (χ1n) is 11.1. The Morgan fingerprint density at radius 1 is 1.13 bits per heavy atom. The van der Waals surface area contributed by atoms with Gasteiger partial charge in [0.25, 0.3) is 0 Å². The Bertz CT molecular complexity index is 1090. The van der Waals surface area contributed by atoms with Gasteiger partial charge in [-0.15, -0.1) is 0 Å². The summed E-state index contributed by atoms with van der Waals surface area (Å²) in [7, 11) is 0. The predicted octanol–water partition coefficient (Wildman–Crippen LogP) is 4.78. The van der Waals surface area contributed by atoms with Gasteiger partial charge in [-0.3, -0.25) is 4.79 Å². The molecule has 2 aliphatic rings. The number of aromatic nitrogens is 2. The molecule has 1 fully saturated rings. The zero-order valence-electron chi connectivity index (χ0n) is 18.0. The third-order valence-corrected chi connectivity index (χ3v) is 6.01. The van der Waals surface area contributed by atoms with Crippen LogP contribution >= 0.6 is 0 Å². The van der Waals surface area contributed by atoms with E-state index in [4.69, 9.17) is 9.26 Å². The van der Waals surface area contributed by atoms with E-state index in [1.807, 2.05) is 29.2 Å². The van der Waals surface area contributed by atoms with Crippen LogP contribution in [0.3, 0.4) is 0 Å². The molecule has 31 heavy (non-hydrogen) atoms. The maximum atomic E-state index is 12.7. The summed E-state index contributed by atoms with van der Waals surface area (Å²) in [4.78, 5) is 19.1. The van der Waals surface area contributed by atoms with Gasteiger partial charge in [-0.2, -0.15) is 4.98 Å². The van der Waals surface area contributed by atoms with E-state index < -0.39 is 0 Å². The van der Waals surface area contributed by atoms with E-state index in [9.17, 15) is 4.79 Å². The molecule has 0 spiro atoms. The number of carbonyl (C=O) groups is 1. The number of fused-ring (bicyclic) bond motifs is 1. The van der Waals surface area contributed by atoms with Gasteiger partial charge >= 0.3 is 0 Å². The molecule has 1 aliphatic carbocycles. The highest BCUT2D eigenvalue weighted by Crippen LogP contribution is 2.34. The van der Waals surface area contributed by atoms with E-state index >= 15 is 0 Å². The largest absolute Gasteiger partial charge is 0.493 e. The Kier molecular flexibility index (Phi) is 5.22. The van der Waals surface area contributed by atoms with Crippen molar-refractivity contribution in [2.24, 2.45) is 5.92 Å². The van der Waals surface area contributed by atoms with Gasteiger partial charge in [0.1, 0.15) is 5.75 Å². The van der Waals surface area contributed by atoms with E-state index in [1.165, 1.54) is 17.5 Å². The number of anilines is 1. The minimum atomic E-state index is -0.0874. The topological polar surface area (TPSA) is 68.5 Å². The summed E-state index contributed by atoms with van der Waals surface area (Å²) in [5.74, 6) is 2.38. The lowest BCUT2D eigenvalue weighted by Gasteiger charge is -2.17. The van der Waals surface area contributed by atoms with Crippen LogP contribution in [-0.4, -0.2) is 29.2 Å². The van der Waals surface area contributed by atoms with Crippen LogP contribution in [0.5, 0.6) is 5.75 Å². The van der Waals surface area contributed by atoms with Crippen LogP contribution in [0.15, 0.2) is 47.0 Å². The average molecular weight is 418 g/mol. The molecule has 6 heteroatoms. The van der Waals surface area contributed by atoms with Crippen molar-refractivity contribution < 1.29 is 14.1 Å². The highest BCUT2D eigenvalue weighted by atomic mass is 16.5. The molecule has 1 amide bonds. The van der Waals surface area contributed by atoms with Crippen molar-refractivity contribution >= 4 is 11.6 Å². The average Bonchev–Trinajstić information content (AvgIpc) is 3.51. The van der Waals surface area contributed by atoms with E-state index in [0.29, 0.717) is 37.2 Å². The van der Waals surface area contributed by atoms with Crippen LogP contribution < -0.4 is 9.64 Å². The highest BCUT2D eigenvalue weighted by molar-refractivity contribution is 5.96. The summed E-state index contributed by atoms with van der Waals surface area (Å²) < 4.78 is 11.3. The second-order valence-electron chi connectivity index (χ2n) is 8.90. The van der Waals surface area contributed by atoms with E-state index in [2.05, 4.69) is 42.2 Å². The number of amides is 1. The number of hydrogen-bond acceptors (Lipinski definition) is 5. The van der Waals surface area contributed by atoms with Crippen molar-refractivity contribution in [1.82, 2.24) is 10.1 Å². The predicted molar refractivity (Wildman–Crippen MR) is 118 cm³/mol. The smallest absolute Gasteiger partial charge is 0.232 e. The van der Waals surface area contributed by atoms with Crippen LogP contribution in [0.25, 0.3) is 11.4 Å². The molecule has 1 atom stereocenters. The fraction of sp³-hybridized carbons (Fsp3) is 0.400. The van der Waals surface area contributed by atoms with Crippen LogP contribution in [0, 0.1) is 5.92 Å². The molecule has 2 aromatic carbocycles. The molecule has 6 nitrogen and oxygen atoms in total. The molecule has 1 unspecified atom stereocenters. The third kappa shape index (κ3) is 4.07. The summed E-state index contributed by atoms with van der Waals surface area (Å²) in [6.45, 7) is 5.49. The van der Waals surface area contributed by atoms with Gasteiger partial charge in [-0.25, -0.2) is 0 Å². The first-order valence-corrected chi connectivity index (χ1v) is 11.1.